The molecule has 3 rings (SSSR count). The summed E-state index contributed by atoms with van der Waals surface area (Å²) in [5.41, 5.74) is 0.266. The smallest absolute Gasteiger partial charge is 0.226 e. The van der Waals surface area contributed by atoms with Crippen LogP contribution in [0.4, 0.5) is 0 Å². The molecule has 2 unspecified atom stereocenters. The number of hydrogen-bond donors (Lipinski definition) is 1. The minimum atomic E-state index is 0.266. The zero-order valence-electron chi connectivity index (χ0n) is 11.7. The van der Waals surface area contributed by atoms with Gasteiger partial charge in [-0.15, -0.1) is 0 Å². The Morgan fingerprint density at radius 1 is 1.28 bits per heavy atom. The molecule has 2 atom stereocenters. The van der Waals surface area contributed by atoms with Crippen LogP contribution < -0.4 is 5.32 Å². The van der Waals surface area contributed by atoms with Gasteiger partial charge in [0.25, 0.3) is 0 Å². The van der Waals surface area contributed by atoms with E-state index in [9.17, 15) is 4.79 Å². The average molecular weight is 250 g/mol. The molecule has 3 fully saturated rings. The molecular weight excluding hydrogens is 224 g/mol. The van der Waals surface area contributed by atoms with Crippen LogP contribution in [-0.2, 0) is 4.79 Å². The van der Waals surface area contributed by atoms with Gasteiger partial charge in [-0.25, -0.2) is 0 Å². The molecule has 18 heavy (non-hydrogen) atoms. The summed E-state index contributed by atoms with van der Waals surface area (Å²) in [5, 5.41) is 3.52. The largest absolute Gasteiger partial charge is 0.341 e. The third-order valence-corrected chi connectivity index (χ3v) is 4.90. The zero-order valence-corrected chi connectivity index (χ0v) is 11.7. The molecule has 102 valence electrons. The molecule has 1 aliphatic heterocycles. The maximum absolute atomic E-state index is 12.6. The van der Waals surface area contributed by atoms with Crippen LogP contribution in [0.1, 0.15) is 46.0 Å². The maximum atomic E-state index is 12.6. The zero-order chi connectivity index (χ0) is 12.8. The van der Waals surface area contributed by atoms with Crippen molar-refractivity contribution in [3.63, 3.8) is 0 Å². The molecule has 0 aromatic heterocycles. The van der Waals surface area contributed by atoms with Crippen LogP contribution >= 0.6 is 0 Å². The first-order chi connectivity index (χ1) is 8.56. The van der Waals surface area contributed by atoms with Crippen LogP contribution in [0.5, 0.6) is 0 Å². The standard InChI is InChI=1S/C15H26N2O/c1-15(2)8-13(15)14(18)17(9-11-5-6-11)10-12-4-3-7-16-12/h11-13,16H,3-10H2,1-2H3. The molecule has 2 aliphatic carbocycles. The topological polar surface area (TPSA) is 32.3 Å². The van der Waals surface area contributed by atoms with Crippen LogP contribution in [0.15, 0.2) is 0 Å². The Bertz CT molecular complexity index is 329. The fourth-order valence-electron chi connectivity index (χ4n) is 3.15. The third-order valence-electron chi connectivity index (χ3n) is 4.90. The molecule has 3 aliphatic rings. The van der Waals surface area contributed by atoms with Gasteiger partial charge in [0.1, 0.15) is 0 Å². The molecule has 1 N–H and O–H groups in total. The highest BCUT2D eigenvalue weighted by molar-refractivity contribution is 5.82. The number of amides is 1. The van der Waals surface area contributed by atoms with Crippen molar-refractivity contribution in [3.05, 3.63) is 0 Å². The monoisotopic (exact) mass is 250 g/mol. The van der Waals surface area contributed by atoms with Crippen molar-refractivity contribution in [3.8, 4) is 0 Å². The number of nitrogens with one attached hydrogen (secondary N) is 1. The van der Waals surface area contributed by atoms with Crippen molar-refractivity contribution in [1.29, 1.82) is 0 Å². The molecule has 3 nitrogen and oxygen atoms in total. The van der Waals surface area contributed by atoms with Crippen molar-refractivity contribution in [2.24, 2.45) is 17.3 Å². The molecule has 0 aromatic rings. The van der Waals surface area contributed by atoms with Crippen molar-refractivity contribution < 1.29 is 4.79 Å². The number of carbonyl (C=O) groups excluding carboxylic acids is 1. The third kappa shape index (κ3) is 2.71. The summed E-state index contributed by atoms with van der Waals surface area (Å²) >= 11 is 0. The first-order valence-electron chi connectivity index (χ1n) is 7.58. The number of carbonyl (C=O) groups is 1. The van der Waals surface area contributed by atoms with E-state index in [1.807, 2.05) is 0 Å². The van der Waals surface area contributed by atoms with Crippen LogP contribution in [0.3, 0.4) is 0 Å². The summed E-state index contributed by atoms with van der Waals surface area (Å²) in [6.45, 7) is 7.54. The predicted molar refractivity (Wildman–Crippen MR) is 72.2 cm³/mol. The molecule has 0 aromatic carbocycles. The van der Waals surface area contributed by atoms with E-state index in [2.05, 4.69) is 24.1 Å². The second kappa shape index (κ2) is 4.52. The van der Waals surface area contributed by atoms with Gasteiger partial charge in [0.15, 0.2) is 0 Å². The fraction of sp³-hybridized carbons (Fsp3) is 0.933. The lowest BCUT2D eigenvalue weighted by molar-refractivity contribution is -0.133. The van der Waals surface area contributed by atoms with E-state index >= 15 is 0 Å². The number of nitrogens with zero attached hydrogens (tertiary/aromatic N) is 1. The summed E-state index contributed by atoms with van der Waals surface area (Å²) in [6.07, 6.45) is 6.25. The number of hydrogen-bond acceptors (Lipinski definition) is 2. The molecule has 1 saturated heterocycles. The van der Waals surface area contributed by atoms with Crippen LogP contribution in [0.25, 0.3) is 0 Å². The van der Waals surface area contributed by atoms with Crippen LogP contribution in [0.2, 0.25) is 0 Å². The van der Waals surface area contributed by atoms with Gasteiger partial charge in [0.05, 0.1) is 0 Å². The molecule has 1 amide bonds. The first-order valence-corrected chi connectivity index (χ1v) is 7.58. The first kappa shape index (κ1) is 12.5. The quantitative estimate of drug-likeness (QED) is 0.809. The molecule has 1 heterocycles. The Balaban J connectivity index is 1.59. The Hall–Kier alpha value is -0.570. The molecule has 0 bridgehead atoms. The Kier molecular flexibility index (Phi) is 3.13. The minimum absolute atomic E-state index is 0.266. The summed E-state index contributed by atoms with van der Waals surface area (Å²) in [5.74, 6) is 1.54. The van der Waals surface area contributed by atoms with Crippen molar-refractivity contribution >= 4 is 5.91 Å². The lowest BCUT2D eigenvalue weighted by Gasteiger charge is -2.26. The van der Waals surface area contributed by atoms with Gasteiger partial charge >= 0.3 is 0 Å². The maximum Gasteiger partial charge on any atom is 0.226 e. The van der Waals surface area contributed by atoms with Crippen LogP contribution in [-0.4, -0.2) is 36.5 Å². The van der Waals surface area contributed by atoms with Crippen LogP contribution in [0, 0.1) is 17.3 Å². The van der Waals surface area contributed by atoms with Gasteiger partial charge in [-0.05, 0) is 50.0 Å². The van der Waals surface area contributed by atoms with Gasteiger partial charge in [0.2, 0.25) is 5.91 Å². The second-order valence-electron chi connectivity index (χ2n) is 7.23. The van der Waals surface area contributed by atoms with E-state index in [-0.39, 0.29) is 5.41 Å². The predicted octanol–water partition coefficient (Wildman–Crippen LogP) is 2.02. The molecule has 0 spiro atoms. The lowest BCUT2D eigenvalue weighted by Crippen LogP contribution is -2.43. The van der Waals surface area contributed by atoms with Gasteiger partial charge in [-0.2, -0.15) is 0 Å². The van der Waals surface area contributed by atoms with E-state index in [0.29, 0.717) is 17.9 Å². The van der Waals surface area contributed by atoms with Crippen molar-refractivity contribution in [1.82, 2.24) is 10.2 Å². The summed E-state index contributed by atoms with van der Waals surface area (Å²) in [6, 6.07) is 0.551. The van der Waals surface area contributed by atoms with E-state index in [0.717, 1.165) is 32.0 Å². The highest BCUT2D eigenvalue weighted by atomic mass is 16.2. The van der Waals surface area contributed by atoms with Crippen molar-refractivity contribution in [2.75, 3.05) is 19.6 Å². The lowest BCUT2D eigenvalue weighted by atomic mass is 10.1. The molecule has 3 heteroatoms. The van der Waals surface area contributed by atoms with Gasteiger partial charge in [-0.1, -0.05) is 13.8 Å². The summed E-state index contributed by atoms with van der Waals surface area (Å²) < 4.78 is 0. The Morgan fingerprint density at radius 3 is 2.50 bits per heavy atom. The fourth-order valence-corrected chi connectivity index (χ4v) is 3.15. The van der Waals surface area contributed by atoms with Gasteiger partial charge in [-0.3, -0.25) is 4.79 Å². The van der Waals surface area contributed by atoms with E-state index in [1.54, 1.807) is 0 Å². The SMILES string of the molecule is CC1(C)CC1C(=O)N(CC1CC1)CC1CCCN1. The molecule has 0 radical (unpaired) electrons. The molecular formula is C15H26N2O. The van der Waals surface area contributed by atoms with Gasteiger partial charge < -0.3 is 10.2 Å². The van der Waals surface area contributed by atoms with E-state index in [4.69, 9.17) is 0 Å². The van der Waals surface area contributed by atoms with E-state index in [1.165, 1.54) is 25.7 Å². The minimum Gasteiger partial charge on any atom is -0.341 e. The highest BCUT2D eigenvalue weighted by Crippen LogP contribution is 2.52. The normalized spacial score (nSPS) is 33.4. The highest BCUT2D eigenvalue weighted by Gasteiger charge is 2.52. The van der Waals surface area contributed by atoms with E-state index < -0.39 is 0 Å². The molecule has 2 saturated carbocycles. The summed E-state index contributed by atoms with van der Waals surface area (Å²) in [7, 11) is 0. The Labute approximate surface area is 110 Å². The average Bonchev–Trinajstić information content (AvgIpc) is 3.17. The second-order valence-corrected chi connectivity index (χ2v) is 7.23. The Morgan fingerprint density at radius 2 is 2.00 bits per heavy atom. The number of rotatable bonds is 5. The van der Waals surface area contributed by atoms with Gasteiger partial charge in [0, 0.05) is 25.0 Å². The summed E-state index contributed by atoms with van der Waals surface area (Å²) in [4.78, 5) is 14.8. The van der Waals surface area contributed by atoms with Crippen molar-refractivity contribution in [2.45, 2.75) is 52.0 Å².